The Balaban J connectivity index is 1.29. The maximum absolute atomic E-state index is 12.7. The van der Waals surface area contributed by atoms with Gasteiger partial charge in [-0.05, 0) is 42.7 Å². The van der Waals surface area contributed by atoms with Gasteiger partial charge < -0.3 is 14.4 Å². The van der Waals surface area contributed by atoms with Gasteiger partial charge in [-0.15, -0.1) is 11.3 Å². The smallest absolute Gasteiger partial charge is 0.312 e. The van der Waals surface area contributed by atoms with Crippen LogP contribution in [0.15, 0.2) is 54.0 Å². The highest BCUT2D eigenvalue weighted by Crippen LogP contribution is 2.29. The normalized spacial score (nSPS) is 12.9. The van der Waals surface area contributed by atoms with Gasteiger partial charge in [0, 0.05) is 24.2 Å². The van der Waals surface area contributed by atoms with E-state index < -0.39 is 5.97 Å². The summed E-state index contributed by atoms with van der Waals surface area (Å²) < 4.78 is 10.4. The predicted octanol–water partition coefficient (Wildman–Crippen LogP) is 3.49. The molecule has 8 heteroatoms. The molecule has 31 heavy (non-hydrogen) atoms. The number of pyridine rings is 1. The molecule has 0 spiro atoms. The largest absolute Gasteiger partial charge is 0.497 e. The van der Waals surface area contributed by atoms with E-state index in [4.69, 9.17) is 9.47 Å². The molecule has 1 saturated carbocycles. The zero-order valence-electron chi connectivity index (χ0n) is 17.2. The summed E-state index contributed by atoms with van der Waals surface area (Å²) in [5.74, 6) is 0.126. The number of carbonyl (C=O) groups excluding carboxylic acids is 2. The number of rotatable bonds is 9. The predicted molar refractivity (Wildman–Crippen MR) is 117 cm³/mol. The van der Waals surface area contributed by atoms with Gasteiger partial charge in [-0.25, -0.2) is 4.98 Å². The lowest BCUT2D eigenvalue weighted by Crippen LogP contribution is -2.36. The Kier molecular flexibility index (Phi) is 6.57. The van der Waals surface area contributed by atoms with Crippen molar-refractivity contribution in [1.82, 2.24) is 14.9 Å². The van der Waals surface area contributed by atoms with Gasteiger partial charge in [-0.1, -0.05) is 18.2 Å². The first-order chi connectivity index (χ1) is 15.1. The van der Waals surface area contributed by atoms with Gasteiger partial charge in [0.1, 0.15) is 10.8 Å². The second-order valence-corrected chi connectivity index (χ2v) is 8.16. The van der Waals surface area contributed by atoms with Crippen molar-refractivity contribution in [2.75, 3.05) is 13.7 Å². The summed E-state index contributed by atoms with van der Waals surface area (Å²) >= 11 is 1.42. The van der Waals surface area contributed by atoms with E-state index in [0.717, 1.165) is 34.9 Å². The van der Waals surface area contributed by atoms with Crippen LogP contribution in [-0.4, -0.2) is 46.5 Å². The SMILES string of the molecule is COc1ccc(CN(C(=O)COC(=O)Cc2csc(-c3ccccn3)n2)C2CC2)cc1. The summed E-state index contributed by atoms with van der Waals surface area (Å²) in [4.78, 5) is 35.4. The second kappa shape index (κ2) is 9.70. The second-order valence-electron chi connectivity index (χ2n) is 7.30. The van der Waals surface area contributed by atoms with Crippen molar-refractivity contribution in [3.63, 3.8) is 0 Å². The maximum atomic E-state index is 12.7. The van der Waals surface area contributed by atoms with E-state index in [1.54, 1.807) is 18.2 Å². The van der Waals surface area contributed by atoms with Gasteiger partial charge in [0.2, 0.25) is 0 Å². The zero-order chi connectivity index (χ0) is 21.6. The van der Waals surface area contributed by atoms with Crippen LogP contribution in [0, 0.1) is 0 Å². The summed E-state index contributed by atoms with van der Waals surface area (Å²) in [6.07, 6.45) is 3.68. The van der Waals surface area contributed by atoms with E-state index >= 15 is 0 Å². The Morgan fingerprint density at radius 2 is 1.97 bits per heavy atom. The molecule has 0 unspecified atom stereocenters. The molecule has 0 atom stereocenters. The molecule has 0 bridgehead atoms. The minimum Gasteiger partial charge on any atom is -0.497 e. The lowest BCUT2D eigenvalue weighted by molar-refractivity contribution is -0.152. The van der Waals surface area contributed by atoms with Crippen molar-refractivity contribution in [1.29, 1.82) is 0 Å². The molecular weight excluding hydrogens is 414 g/mol. The molecule has 2 heterocycles. The quantitative estimate of drug-likeness (QED) is 0.477. The van der Waals surface area contributed by atoms with Crippen LogP contribution >= 0.6 is 11.3 Å². The lowest BCUT2D eigenvalue weighted by Gasteiger charge is -2.22. The molecule has 0 N–H and O–H groups in total. The molecule has 1 aliphatic rings. The third kappa shape index (κ3) is 5.67. The Morgan fingerprint density at radius 1 is 1.16 bits per heavy atom. The topological polar surface area (TPSA) is 81.6 Å². The molecule has 0 radical (unpaired) electrons. The van der Waals surface area contributed by atoms with Crippen molar-refractivity contribution in [3.05, 3.63) is 65.3 Å². The number of benzene rings is 1. The number of aromatic nitrogens is 2. The Hall–Kier alpha value is -3.26. The van der Waals surface area contributed by atoms with E-state index in [1.165, 1.54) is 11.3 Å². The molecule has 1 aromatic carbocycles. The van der Waals surface area contributed by atoms with Crippen LogP contribution in [0.3, 0.4) is 0 Å². The number of hydrogen-bond acceptors (Lipinski definition) is 7. The zero-order valence-corrected chi connectivity index (χ0v) is 18.0. The first-order valence-electron chi connectivity index (χ1n) is 10.1. The van der Waals surface area contributed by atoms with Crippen LogP contribution in [-0.2, 0) is 27.3 Å². The summed E-state index contributed by atoms with van der Waals surface area (Å²) in [7, 11) is 1.62. The summed E-state index contributed by atoms with van der Waals surface area (Å²) in [6, 6.07) is 13.4. The fraction of sp³-hybridized carbons (Fsp3) is 0.304. The van der Waals surface area contributed by atoms with Gasteiger partial charge in [0.05, 0.1) is 24.9 Å². The highest BCUT2D eigenvalue weighted by Gasteiger charge is 2.33. The minimum absolute atomic E-state index is 0.0263. The number of carbonyl (C=O) groups is 2. The van der Waals surface area contributed by atoms with Crippen LogP contribution in [0.2, 0.25) is 0 Å². The van der Waals surface area contributed by atoms with E-state index in [0.29, 0.717) is 12.2 Å². The lowest BCUT2D eigenvalue weighted by atomic mass is 10.2. The van der Waals surface area contributed by atoms with Crippen LogP contribution < -0.4 is 4.74 Å². The Bertz CT molecular complexity index is 1030. The number of esters is 1. The number of amides is 1. The fourth-order valence-corrected chi connectivity index (χ4v) is 3.95. The van der Waals surface area contributed by atoms with Crippen molar-refractivity contribution >= 4 is 23.2 Å². The number of methoxy groups -OCH3 is 1. The van der Waals surface area contributed by atoms with E-state index in [1.807, 2.05) is 47.8 Å². The van der Waals surface area contributed by atoms with Crippen LogP contribution in [0.25, 0.3) is 10.7 Å². The van der Waals surface area contributed by atoms with Crippen LogP contribution in [0.4, 0.5) is 0 Å². The molecule has 1 amide bonds. The van der Waals surface area contributed by atoms with Crippen LogP contribution in [0.1, 0.15) is 24.1 Å². The fourth-order valence-electron chi connectivity index (χ4n) is 3.15. The molecule has 3 aromatic rings. The molecule has 1 fully saturated rings. The van der Waals surface area contributed by atoms with Crippen molar-refractivity contribution in [2.24, 2.45) is 0 Å². The average molecular weight is 438 g/mol. The average Bonchev–Trinajstić information content (AvgIpc) is 3.54. The van der Waals surface area contributed by atoms with Crippen molar-refractivity contribution in [2.45, 2.75) is 31.8 Å². The monoisotopic (exact) mass is 437 g/mol. The van der Waals surface area contributed by atoms with Gasteiger partial charge in [0.15, 0.2) is 6.61 Å². The number of hydrogen-bond donors (Lipinski definition) is 0. The highest BCUT2D eigenvalue weighted by atomic mass is 32.1. The maximum Gasteiger partial charge on any atom is 0.312 e. The first kappa shape index (κ1) is 21.0. The van der Waals surface area contributed by atoms with E-state index in [-0.39, 0.29) is 25.0 Å². The third-order valence-corrected chi connectivity index (χ3v) is 5.85. The van der Waals surface area contributed by atoms with Crippen molar-refractivity contribution < 1.29 is 19.1 Å². The Labute approximate surface area is 184 Å². The van der Waals surface area contributed by atoms with Gasteiger partial charge in [-0.2, -0.15) is 0 Å². The van der Waals surface area contributed by atoms with Gasteiger partial charge in [-0.3, -0.25) is 14.6 Å². The van der Waals surface area contributed by atoms with Crippen LogP contribution in [0.5, 0.6) is 5.75 Å². The van der Waals surface area contributed by atoms with Crippen molar-refractivity contribution in [3.8, 4) is 16.5 Å². The van der Waals surface area contributed by atoms with Gasteiger partial charge in [0.25, 0.3) is 5.91 Å². The summed E-state index contributed by atoms with van der Waals surface area (Å²) in [6.45, 7) is 0.229. The molecule has 7 nitrogen and oxygen atoms in total. The molecule has 0 saturated heterocycles. The third-order valence-electron chi connectivity index (χ3n) is 4.94. The number of nitrogens with zero attached hydrogens (tertiary/aromatic N) is 3. The molecule has 4 rings (SSSR count). The van der Waals surface area contributed by atoms with E-state index in [9.17, 15) is 9.59 Å². The molecule has 0 aliphatic heterocycles. The highest BCUT2D eigenvalue weighted by molar-refractivity contribution is 7.13. The minimum atomic E-state index is -0.466. The standard InChI is InChI=1S/C23H23N3O4S/c1-29-19-9-5-16(6-10-19)13-26(18-7-8-18)21(27)14-30-22(28)12-17-15-31-23(25-17)20-4-2-3-11-24-20/h2-6,9-11,15,18H,7-8,12-14H2,1H3. The molecular formula is C23H23N3O4S. The van der Waals surface area contributed by atoms with E-state index in [2.05, 4.69) is 9.97 Å². The first-order valence-corrected chi connectivity index (χ1v) is 10.9. The molecule has 160 valence electrons. The summed E-state index contributed by atoms with van der Waals surface area (Å²) in [5, 5.41) is 2.56. The van der Waals surface area contributed by atoms with Gasteiger partial charge >= 0.3 is 5.97 Å². The molecule has 2 aromatic heterocycles. The number of ether oxygens (including phenoxy) is 2. The summed E-state index contributed by atoms with van der Waals surface area (Å²) in [5.41, 5.74) is 2.39. The Morgan fingerprint density at radius 3 is 2.65 bits per heavy atom. The number of thiazole rings is 1. The molecule has 1 aliphatic carbocycles.